The number of benzene rings is 1. The lowest BCUT2D eigenvalue weighted by molar-refractivity contribution is 0.0695. The molecule has 1 aromatic carbocycles. The highest BCUT2D eigenvalue weighted by atomic mass is 32.2. The standard InChI is InChI=1S/C17H24N4O5S/c1-5-25-12(2)10-18-17(22)14-7-6-8-15(9-14)27(23,24)21(4)11-16-19-13(3)20-26-16/h6-9,12H,5,10-11H2,1-4H3,(H,18,22)/t12-/m0/s1. The molecule has 0 radical (unpaired) electrons. The van der Waals surface area contributed by atoms with E-state index in [0.29, 0.717) is 19.0 Å². The lowest BCUT2D eigenvalue weighted by Crippen LogP contribution is -2.32. The molecule has 27 heavy (non-hydrogen) atoms. The summed E-state index contributed by atoms with van der Waals surface area (Å²) in [4.78, 5) is 16.3. The van der Waals surface area contributed by atoms with Crippen LogP contribution in [0.4, 0.5) is 0 Å². The Hall–Kier alpha value is -2.30. The summed E-state index contributed by atoms with van der Waals surface area (Å²) in [6, 6.07) is 5.86. The van der Waals surface area contributed by atoms with Gasteiger partial charge in [-0.3, -0.25) is 4.79 Å². The quantitative estimate of drug-likeness (QED) is 0.680. The summed E-state index contributed by atoms with van der Waals surface area (Å²) in [6.07, 6.45) is -0.130. The normalized spacial score (nSPS) is 12.9. The molecule has 2 rings (SSSR count). The molecule has 1 atom stereocenters. The molecule has 0 aliphatic carbocycles. The second-order valence-electron chi connectivity index (χ2n) is 6.00. The molecule has 0 spiro atoms. The van der Waals surface area contributed by atoms with Gasteiger partial charge in [-0.1, -0.05) is 11.2 Å². The van der Waals surface area contributed by atoms with E-state index in [4.69, 9.17) is 9.26 Å². The Morgan fingerprint density at radius 1 is 1.41 bits per heavy atom. The summed E-state index contributed by atoms with van der Waals surface area (Å²) in [5.74, 6) is 0.252. The van der Waals surface area contributed by atoms with Gasteiger partial charge in [-0.2, -0.15) is 9.29 Å². The summed E-state index contributed by atoms with van der Waals surface area (Å²) in [5.41, 5.74) is 0.252. The van der Waals surface area contributed by atoms with E-state index in [1.807, 2.05) is 13.8 Å². The molecule has 0 saturated heterocycles. The van der Waals surface area contributed by atoms with Crippen LogP contribution in [0, 0.1) is 6.92 Å². The SMILES string of the molecule is CCO[C@@H](C)CNC(=O)c1cccc(S(=O)(=O)N(C)Cc2nc(C)no2)c1. The fraction of sp³-hybridized carbons (Fsp3) is 0.471. The first-order chi connectivity index (χ1) is 12.7. The summed E-state index contributed by atoms with van der Waals surface area (Å²) >= 11 is 0. The number of aryl methyl sites for hydroxylation is 1. The Morgan fingerprint density at radius 3 is 2.78 bits per heavy atom. The minimum atomic E-state index is -3.82. The van der Waals surface area contributed by atoms with Gasteiger partial charge >= 0.3 is 0 Å². The van der Waals surface area contributed by atoms with Crippen LogP contribution in [0.15, 0.2) is 33.7 Å². The van der Waals surface area contributed by atoms with Crippen molar-refractivity contribution in [2.24, 2.45) is 0 Å². The first-order valence-corrected chi connectivity index (χ1v) is 9.93. The van der Waals surface area contributed by atoms with Gasteiger partial charge in [0.25, 0.3) is 5.91 Å². The molecule has 1 amide bonds. The molecule has 148 valence electrons. The number of sulfonamides is 1. The lowest BCUT2D eigenvalue weighted by atomic mass is 10.2. The van der Waals surface area contributed by atoms with Gasteiger partial charge in [-0.15, -0.1) is 0 Å². The average Bonchev–Trinajstić information content (AvgIpc) is 3.04. The van der Waals surface area contributed by atoms with E-state index in [1.54, 1.807) is 13.0 Å². The Bertz CT molecular complexity index is 881. The number of carbonyl (C=O) groups is 1. The van der Waals surface area contributed by atoms with Crippen molar-refractivity contribution in [2.75, 3.05) is 20.2 Å². The van der Waals surface area contributed by atoms with Crippen molar-refractivity contribution >= 4 is 15.9 Å². The predicted octanol–water partition coefficient (Wildman–Crippen LogP) is 1.35. The summed E-state index contributed by atoms with van der Waals surface area (Å²) in [7, 11) is -2.41. The molecule has 0 aliphatic heterocycles. The molecule has 0 bridgehead atoms. The number of amides is 1. The first kappa shape index (κ1) is 21.0. The van der Waals surface area contributed by atoms with Crippen molar-refractivity contribution in [1.29, 1.82) is 0 Å². The van der Waals surface area contributed by atoms with Gasteiger partial charge in [-0.05, 0) is 39.0 Å². The first-order valence-electron chi connectivity index (χ1n) is 8.49. The van der Waals surface area contributed by atoms with Crippen LogP contribution >= 0.6 is 0 Å². The van der Waals surface area contributed by atoms with E-state index in [9.17, 15) is 13.2 Å². The second-order valence-corrected chi connectivity index (χ2v) is 8.05. The van der Waals surface area contributed by atoms with E-state index in [1.165, 1.54) is 25.2 Å². The molecule has 1 aromatic heterocycles. The number of aromatic nitrogens is 2. The number of nitrogens with one attached hydrogen (secondary N) is 1. The highest BCUT2D eigenvalue weighted by Crippen LogP contribution is 2.18. The fourth-order valence-corrected chi connectivity index (χ4v) is 3.51. The summed E-state index contributed by atoms with van der Waals surface area (Å²) in [6.45, 7) is 6.19. The zero-order valence-electron chi connectivity index (χ0n) is 15.8. The number of ether oxygens (including phenoxy) is 1. The second kappa shape index (κ2) is 9.07. The largest absolute Gasteiger partial charge is 0.377 e. The molecule has 2 aromatic rings. The van der Waals surface area contributed by atoms with Crippen molar-refractivity contribution in [2.45, 2.75) is 38.3 Å². The van der Waals surface area contributed by atoms with Crippen LogP contribution in [-0.2, 0) is 21.3 Å². The van der Waals surface area contributed by atoms with Crippen LogP contribution in [0.25, 0.3) is 0 Å². The number of carbonyl (C=O) groups excluding carboxylic acids is 1. The molecule has 1 heterocycles. The predicted molar refractivity (Wildman–Crippen MR) is 97.6 cm³/mol. The highest BCUT2D eigenvalue weighted by Gasteiger charge is 2.24. The number of nitrogens with zero attached hydrogens (tertiary/aromatic N) is 3. The topological polar surface area (TPSA) is 115 Å². The van der Waals surface area contributed by atoms with E-state index in [0.717, 1.165) is 4.31 Å². The minimum absolute atomic E-state index is 0.00624. The Kier molecular flexibility index (Phi) is 7.05. The van der Waals surface area contributed by atoms with Crippen molar-refractivity contribution in [3.05, 3.63) is 41.5 Å². The average molecular weight is 396 g/mol. The van der Waals surface area contributed by atoms with Crippen LogP contribution < -0.4 is 5.32 Å². The number of rotatable bonds is 9. The molecule has 1 N–H and O–H groups in total. The third-order valence-corrected chi connectivity index (χ3v) is 5.53. The Labute approximate surface area is 158 Å². The minimum Gasteiger partial charge on any atom is -0.377 e. The van der Waals surface area contributed by atoms with Crippen molar-refractivity contribution in [3.8, 4) is 0 Å². The highest BCUT2D eigenvalue weighted by molar-refractivity contribution is 7.89. The third-order valence-electron chi connectivity index (χ3n) is 3.73. The smallest absolute Gasteiger partial charge is 0.251 e. The van der Waals surface area contributed by atoms with Crippen LogP contribution in [0.5, 0.6) is 0 Å². The van der Waals surface area contributed by atoms with Crippen molar-refractivity contribution in [1.82, 2.24) is 19.8 Å². The summed E-state index contributed by atoms with van der Waals surface area (Å²) in [5, 5.41) is 6.37. The molecule has 0 saturated carbocycles. The van der Waals surface area contributed by atoms with Crippen LogP contribution in [0.2, 0.25) is 0 Å². The van der Waals surface area contributed by atoms with Crippen LogP contribution in [0.1, 0.15) is 35.9 Å². The van der Waals surface area contributed by atoms with Gasteiger partial charge in [0, 0.05) is 25.8 Å². The monoisotopic (exact) mass is 396 g/mol. The van der Waals surface area contributed by atoms with E-state index >= 15 is 0 Å². The molecule has 10 heteroatoms. The van der Waals surface area contributed by atoms with E-state index in [2.05, 4.69) is 15.5 Å². The zero-order chi connectivity index (χ0) is 20.0. The molecule has 0 fully saturated rings. The summed E-state index contributed by atoms with van der Waals surface area (Å²) < 4.78 is 36.9. The van der Waals surface area contributed by atoms with Gasteiger partial charge in [0.2, 0.25) is 15.9 Å². The van der Waals surface area contributed by atoms with Gasteiger partial charge in [0.15, 0.2) is 5.82 Å². The zero-order valence-corrected chi connectivity index (χ0v) is 16.6. The fourth-order valence-electron chi connectivity index (χ4n) is 2.34. The maximum absolute atomic E-state index is 12.8. The van der Waals surface area contributed by atoms with Crippen molar-refractivity contribution < 1.29 is 22.5 Å². The lowest BCUT2D eigenvalue weighted by Gasteiger charge is -2.16. The molecule has 0 aliphatic rings. The van der Waals surface area contributed by atoms with Gasteiger partial charge in [-0.25, -0.2) is 8.42 Å². The van der Waals surface area contributed by atoms with Gasteiger partial charge in [0.1, 0.15) is 0 Å². The Balaban J connectivity index is 2.11. The molecular weight excluding hydrogens is 372 g/mol. The van der Waals surface area contributed by atoms with Crippen LogP contribution in [0.3, 0.4) is 0 Å². The Morgan fingerprint density at radius 2 is 2.15 bits per heavy atom. The van der Waals surface area contributed by atoms with Crippen molar-refractivity contribution in [3.63, 3.8) is 0 Å². The number of hydrogen-bond acceptors (Lipinski definition) is 7. The number of hydrogen-bond donors (Lipinski definition) is 1. The maximum Gasteiger partial charge on any atom is 0.251 e. The van der Waals surface area contributed by atoms with Gasteiger partial charge in [0.05, 0.1) is 17.5 Å². The van der Waals surface area contributed by atoms with Gasteiger partial charge < -0.3 is 14.6 Å². The third kappa shape index (κ3) is 5.59. The van der Waals surface area contributed by atoms with Crippen LogP contribution in [-0.4, -0.2) is 55.1 Å². The molecule has 0 unspecified atom stereocenters. The molecular formula is C17H24N4O5S. The molecule has 9 nitrogen and oxygen atoms in total. The van der Waals surface area contributed by atoms with E-state index < -0.39 is 10.0 Å². The van der Waals surface area contributed by atoms with E-state index in [-0.39, 0.29) is 34.9 Å². The maximum atomic E-state index is 12.8.